The third-order valence-electron chi connectivity index (χ3n) is 2.51. The molecule has 0 spiro atoms. The number of carbonyl (C=O) groups is 1. The molecule has 1 aromatic heterocycles. The molecular formula is C11H20ClF2N5O. The van der Waals surface area contributed by atoms with Crippen LogP contribution >= 0.6 is 12.4 Å². The number of aromatic nitrogens is 3. The zero-order valence-electron chi connectivity index (χ0n) is 11.5. The summed E-state index contributed by atoms with van der Waals surface area (Å²) in [7, 11) is 0. The van der Waals surface area contributed by atoms with Gasteiger partial charge in [-0.3, -0.25) is 9.48 Å². The molecule has 6 nitrogen and oxygen atoms in total. The summed E-state index contributed by atoms with van der Waals surface area (Å²) in [6, 6.07) is 0. The molecule has 0 aliphatic carbocycles. The zero-order valence-corrected chi connectivity index (χ0v) is 12.3. The van der Waals surface area contributed by atoms with Crippen molar-refractivity contribution in [3.8, 4) is 0 Å². The van der Waals surface area contributed by atoms with Crippen LogP contribution in [-0.4, -0.2) is 39.9 Å². The summed E-state index contributed by atoms with van der Waals surface area (Å²) < 4.78 is 27.2. The van der Waals surface area contributed by atoms with E-state index in [1.54, 1.807) is 0 Å². The van der Waals surface area contributed by atoms with Crippen LogP contribution in [0.2, 0.25) is 0 Å². The molecule has 0 saturated carbocycles. The van der Waals surface area contributed by atoms with E-state index >= 15 is 0 Å². The number of nitrogens with two attached hydrogens (primary N) is 1. The summed E-state index contributed by atoms with van der Waals surface area (Å²) in [6.07, 6.45) is 2.34. The topological polar surface area (TPSA) is 85.8 Å². The van der Waals surface area contributed by atoms with E-state index in [1.165, 1.54) is 10.9 Å². The highest BCUT2D eigenvalue weighted by molar-refractivity contribution is 5.91. The monoisotopic (exact) mass is 311 g/mol. The fourth-order valence-electron chi connectivity index (χ4n) is 1.27. The molecule has 0 unspecified atom stereocenters. The van der Waals surface area contributed by atoms with Gasteiger partial charge < -0.3 is 11.1 Å². The molecule has 0 bridgehead atoms. The van der Waals surface area contributed by atoms with Crippen molar-refractivity contribution in [2.75, 3.05) is 13.1 Å². The summed E-state index contributed by atoms with van der Waals surface area (Å²) in [6.45, 7) is 3.16. The number of nitrogens with one attached hydrogen (secondary N) is 1. The first kappa shape index (κ1) is 18.7. The number of halogens is 3. The fourth-order valence-corrected chi connectivity index (χ4v) is 1.27. The van der Waals surface area contributed by atoms with E-state index in [9.17, 15) is 13.6 Å². The molecular weight excluding hydrogens is 292 g/mol. The van der Waals surface area contributed by atoms with Gasteiger partial charge in [0.25, 0.3) is 11.8 Å². The smallest absolute Gasteiger partial charge is 0.277 e. The Balaban J connectivity index is 0.00000361. The highest BCUT2D eigenvalue weighted by Gasteiger charge is 2.27. The Labute approximate surface area is 122 Å². The molecule has 1 amide bonds. The average molecular weight is 312 g/mol. The van der Waals surface area contributed by atoms with Crippen LogP contribution in [0.5, 0.6) is 0 Å². The Kier molecular flexibility index (Phi) is 7.59. The molecule has 9 heteroatoms. The molecule has 0 atom stereocenters. The van der Waals surface area contributed by atoms with Gasteiger partial charge >= 0.3 is 0 Å². The third-order valence-corrected chi connectivity index (χ3v) is 2.51. The molecule has 0 aliphatic heterocycles. The molecule has 0 fully saturated rings. The lowest BCUT2D eigenvalue weighted by atomic mass is 10.1. The number of hydrogen-bond acceptors (Lipinski definition) is 4. The van der Waals surface area contributed by atoms with E-state index in [4.69, 9.17) is 5.73 Å². The zero-order chi connectivity index (χ0) is 14.5. The van der Waals surface area contributed by atoms with Gasteiger partial charge in [0.15, 0.2) is 5.69 Å². The van der Waals surface area contributed by atoms with Crippen LogP contribution in [0.25, 0.3) is 0 Å². The Morgan fingerprint density at radius 1 is 1.55 bits per heavy atom. The highest BCUT2D eigenvalue weighted by atomic mass is 35.5. The Morgan fingerprint density at radius 2 is 2.20 bits per heavy atom. The van der Waals surface area contributed by atoms with Gasteiger partial charge in [-0.2, -0.15) is 0 Å². The number of nitrogens with zero attached hydrogens (tertiary/aromatic N) is 3. The average Bonchev–Trinajstić information content (AvgIpc) is 2.82. The van der Waals surface area contributed by atoms with Crippen molar-refractivity contribution < 1.29 is 13.6 Å². The van der Waals surface area contributed by atoms with Gasteiger partial charge in [-0.15, -0.1) is 17.5 Å². The lowest BCUT2D eigenvalue weighted by molar-refractivity contribution is 0.0118. The van der Waals surface area contributed by atoms with E-state index in [-0.39, 0.29) is 18.1 Å². The molecule has 116 valence electrons. The minimum atomic E-state index is -3.11. The van der Waals surface area contributed by atoms with Crippen LogP contribution in [-0.2, 0) is 6.54 Å². The maximum Gasteiger partial charge on any atom is 0.277 e. The van der Waals surface area contributed by atoms with Gasteiger partial charge in [0.2, 0.25) is 0 Å². The summed E-state index contributed by atoms with van der Waals surface area (Å²) in [5.74, 6) is -3.28. The van der Waals surface area contributed by atoms with Crippen LogP contribution in [0.1, 0.15) is 30.8 Å². The number of rotatable bonds is 7. The van der Waals surface area contributed by atoms with Crippen molar-refractivity contribution >= 4 is 18.3 Å². The molecule has 0 aliphatic rings. The maximum absolute atomic E-state index is 12.9. The lowest BCUT2D eigenvalue weighted by Crippen LogP contribution is -2.41. The van der Waals surface area contributed by atoms with Crippen LogP contribution in [0.15, 0.2) is 6.20 Å². The minimum absolute atomic E-state index is 0. The van der Waals surface area contributed by atoms with Gasteiger partial charge in [-0.25, -0.2) is 8.78 Å². The van der Waals surface area contributed by atoms with E-state index in [2.05, 4.69) is 29.5 Å². The molecule has 0 aromatic carbocycles. The van der Waals surface area contributed by atoms with Gasteiger partial charge in [0.1, 0.15) is 0 Å². The third kappa shape index (κ3) is 6.25. The van der Waals surface area contributed by atoms with Crippen LogP contribution in [0.4, 0.5) is 8.78 Å². The number of carbonyl (C=O) groups excluding carboxylic acids is 1. The highest BCUT2D eigenvalue weighted by Crippen LogP contribution is 2.09. The molecule has 1 rings (SSSR count). The predicted molar refractivity (Wildman–Crippen MR) is 73.1 cm³/mol. The van der Waals surface area contributed by atoms with Crippen LogP contribution in [0, 0.1) is 5.92 Å². The summed E-state index contributed by atoms with van der Waals surface area (Å²) in [5, 5.41) is 9.50. The van der Waals surface area contributed by atoms with Crippen molar-refractivity contribution in [1.29, 1.82) is 0 Å². The molecule has 20 heavy (non-hydrogen) atoms. The minimum Gasteiger partial charge on any atom is -0.344 e. The van der Waals surface area contributed by atoms with Crippen molar-refractivity contribution in [3.63, 3.8) is 0 Å². The molecule has 3 N–H and O–H groups in total. The van der Waals surface area contributed by atoms with Crippen molar-refractivity contribution in [1.82, 2.24) is 20.3 Å². The van der Waals surface area contributed by atoms with Gasteiger partial charge in [0, 0.05) is 6.54 Å². The van der Waals surface area contributed by atoms with Crippen molar-refractivity contribution in [2.24, 2.45) is 11.7 Å². The second kappa shape index (κ2) is 8.11. The molecule has 0 radical (unpaired) electrons. The summed E-state index contributed by atoms with van der Waals surface area (Å²) in [5.41, 5.74) is 4.89. The van der Waals surface area contributed by atoms with E-state index in [1.807, 2.05) is 0 Å². The first-order chi connectivity index (χ1) is 8.84. The Hall–Kier alpha value is -1.28. The number of alkyl halides is 2. The van der Waals surface area contributed by atoms with Gasteiger partial charge in [-0.1, -0.05) is 19.1 Å². The van der Waals surface area contributed by atoms with E-state index in [0.717, 1.165) is 6.42 Å². The predicted octanol–water partition coefficient (Wildman–Crippen LogP) is 1.07. The molecule has 1 aromatic rings. The van der Waals surface area contributed by atoms with Gasteiger partial charge in [-0.05, 0) is 12.3 Å². The normalized spacial score (nSPS) is 11.3. The SMILES string of the molecule is CC(C)CCn1cc(C(=O)NCC(F)(F)CN)nn1.Cl. The second-order valence-corrected chi connectivity index (χ2v) is 4.79. The van der Waals surface area contributed by atoms with Crippen LogP contribution in [0.3, 0.4) is 0 Å². The number of hydrogen-bond donors (Lipinski definition) is 2. The quantitative estimate of drug-likeness (QED) is 0.788. The van der Waals surface area contributed by atoms with E-state index < -0.39 is 24.9 Å². The molecule has 0 saturated heterocycles. The number of amides is 1. The largest absolute Gasteiger partial charge is 0.344 e. The summed E-state index contributed by atoms with van der Waals surface area (Å²) >= 11 is 0. The van der Waals surface area contributed by atoms with E-state index in [0.29, 0.717) is 12.5 Å². The number of aryl methyl sites for hydroxylation is 1. The van der Waals surface area contributed by atoms with Crippen molar-refractivity contribution in [3.05, 3.63) is 11.9 Å². The second-order valence-electron chi connectivity index (χ2n) is 4.79. The fraction of sp³-hybridized carbons (Fsp3) is 0.727. The Bertz CT molecular complexity index is 425. The first-order valence-electron chi connectivity index (χ1n) is 6.10. The molecule has 1 heterocycles. The lowest BCUT2D eigenvalue weighted by Gasteiger charge is -2.13. The Morgan fingerprint density at radius 3 is 2.75 bits per heavy atom. The maximum atomic E-state index is 12.9. The standard InChI is InChI=1S/C11H19F2N5O.ClH/c1-8(2)3-4-18-5-9(16-17-18)10(19)15-7-11(12,13)6-14;/h5,8H,3-4,6-7,14H2,1-2H3,(H,15,19);1H. The van der Waals surface area contributed by atoms with Gasteiger partial charge in [0.05, 0.1) is 19.3 Å². The van der Waals surface area contributed by atoms with Crippen LogP contribution < -0.4 is 11.1 Å². The first-order valence-corrected chi connectivity index (χ1v) is 6.10. The summed E-state index contributed by atoms with van der Waals surface area (Å²) in [4.78, 5) is 11.6. The van der Waals surface area contributed by atoms with Crippen molar-refractivity contribution in [2.45, 2.75) is 32.7 Å².